The SMILES string of the molecule is Cl.NC1CCN(C(=O)c2ccc(Br)cc2F)C1. The van der Waals surface area contributed by atoms with Crippen LogP contribution in [0.2, 0.25) is 0 Å². The Morgan fingerprint density at radius 2 is 2.24 bits per heavy atom. The Hall–Kier alpha value is -0.650. The van der Waals surface area contributed by atoms with Gasteiger partial charge in [-0.1, -0.05) is 15.9 Å². The average Bonchev–Trinajstić information content (AvgIpc) is 2.64. The molecule has 0 aromatic heterocycles. The molecule has 0 spiro atoms. The summed E-state index contributed by atoms with van der Waals surface area (Å²) in [5.74, 6) is -0.780. The van der Waals surface area contributed by atoms with Crippen molar-refractivity contribution < 1.29 is 9.18 Å². The summed E-state index contributed by atoms with van der Waals surface area (Å²) in [6.07, 6.45) is 0.782. The number of carbonyl (C=O) groups is 1. The molecule has 1 aromatic rings. The Bertz CT molecular complexity index is 430. The standard InChI is InChI=1S/C11H12BrFN2O.ClH/c12-7-1-2-9(10(13)5-7)11(16)15-4-3-8(14)6-15;/h1-2,5,8H,3-4,6,14H2;1H. The van der Waals surface area contributed by atoms with E-state index in [9.17, 15) is 9.18 Å². The third-order valence-corrected chi connectivity index (χ3v) is 3.17. The molecule has 2 rings (SSSR count). The number of nitrogens with zero attached hydrogens (tertiary/aromatic N) is 1. The van der Waals surface area contributed by atoms with Crippen molar-refractivity contribution >= 4 is 34.2 Å². The summed E-state index contributed by atoms with van der Waals surface area (Å²) >= 11 is 3.15. The maximum absolute atomic E-state index is 13.5. The molecule has 1 heterocycles. The van der Waals surface area contributed by atoms with Gasteiger partial charge in [-0.2, -0.15) is 0 Å². The van der Waals surface area contributed by atoms with Crippen molar-refractivity contribution in [3.8, 4) is 0 Å². The van der Waals surface area contributed by atoms with Crippen molar-refractivity contribution in [1.29, 1.82) is 0 Å². The number of hydrogen-bond acceptors (Lipinski definition) is 2. The highest BCUT2D eigenvalue weighted by atomic mass is 79.9. The second kappa shape index (κ2) is 5.80. The van der Waals surface area contributed by atoms with Gasteiger partial charge in [0.2, 0.25) is 0 Å². The maximum atomic E-state index is 13.5. The van der Waals surface area contributed by atoms with Gasteiger partial charge >= 0.3 is 0 Å². The van der Waals surface area contributed by atoms with Gasteiger partial charge in [0.15, 0.2) is 0 Å². The van der Waals surface area contributed by atoms with Crippen molar-refractivity contribution in [3.63, 3.8) is 0 Å². The molecule has 2 N–H and O–H groups in total. The number of likely N-dealkylation sites (tertiary alicyclic amines) is 1. The molecule has 94 valence electrons. The first-order valence-corrected chi connectivity index (χ1v) is 5.87. The summed E-state index contributed by atoms with van der Waals surface area (Å²) in [5.41, 5.74) is 5.82. The topological polar surface area (TPSA) is 46.3 Å². The second-order valence-corrected chi connectivity index (χ2v) is 4.84. The fourth-order valence-electron chi connectivity index (χ4n) is 1.81. The first-order valence-electron chi connectivity index (χ1n) is 5.08. The van der Waals surface area contributed by atoms with E-state index < -0.39 is 5.82 Å². The van der Waals surface area contributed by atoms with Gasteiger partial charge in [0.1, 0.15) is 5.82 Å². The van der Waals surface area contributed by atoms with E-state index in [2.05, 4.69) is 15.9 Å². The highest BCUT2D eigenvalue weighted by Gasteiger charge is 2.26. The highest BCUT2D eigenvalue weighted by Crippen LogP contribution is 2.18. The first-order chi connectivity index (χ1) is 7.58. The van der Waals surface area contributed by atoms with Gasteiger partial charge < -0.3 is 10.6 Å². The Labute approximate surface area is 114 Å². The minimum Gasteiger partial charge on any atom is -0.337 e. The van der Waals surface area contributed by atoms with Crippen molar-refractivity contribution in [2.45, 2.75) is 12.5 Å². The van der Waals surface area contributed by atoms with Gasteiger partial charge in [0.05, 0.1) is 5.56 Å². The Morgan fingerprint density at radius 1 is 1.53 bits per heavy atom. The van der Waals surface area contributed by atoms with E-state index in [4.69, 9.17) is 5.73 Å². The van der Waals surface area contributed by atoms with E-state index in [0.29, 0.717) is 17.6 Å². The van der Waals surface area contributed by atoms with Crippen molar-refractivity contribution in [2.24, 2.45) is 5.73 Å². The predicted molar refractivity (Wildman–Crippen MR) is 69.8 cm³/mol. The molecule has 1 aromatic carbocycles. The van der Waals surface area contributed by atoms with Crippen molar-refractivity contribution in [1.82, 2.24) is 4.90 Å². The summed E-state index contributed by atoms with van der Waals surface area (Å²) < 4.78 is 14.2. The van der Waals surface area contributed by atoms with E-state index in [-0.39, 0.29) is 29.9 Å². The molecule has 1 aliphatic heterocycles. The van der Waals surface area contributed by atoms with Crippen LogP contribution >= 0.6 is 28.3 Å². The van der Waals surface area contributed by atoms with Crippen LogP contribution in [0.4, 0.5) is 4.39 Å². The molecule has 1 atom stereocenters. The van der Waals surface area contributed by atoms with Crippen LogP contribution in [0.5, 0.6) is 0 Å². The normalized spacial score (nSPS) is 19.0. The first kappa shape index (κ1) is 14.4. The molecular formula is C11H13BrClFN2O. The fourth-order valence-corrected chi connectivity index (χ4v) is 2.14. The van der Waals surface area contributed by atoms with Gasteiger partial charge in [0, 0.05) is 23.6 Å². The monoisotopic (exact) mass is 322 g/mol. The molecule has 3 nitrogen and oxygen atoms in total. The van der Waals surface area contributed by atoms with Gasteiger partial charge in [-0.05, 0) is 24.6 Å². The maximum Gasteiger partial charge on any atom is 0.256 e. The lowest BCUT2D eigenvalue weighted by Gasteiger charge is -2.16. The molecule has 1 saturated heterocycles. The van der Waals surface area contributed by atoms with E-state index in [1.807, 2.05) is 0 Å². The summed E-state index contributed by atoms with van der Waals surface area (Å²) in [7, 11) is 0. The number of benzene rings is 1. The van der Waals surface area contributed by atoms with Crippen LogP contribution in [-0.2, 0) is 0 Å². The van der Waals surface area contributed by atoms with E-state index in [1.54, 1.807) is 11.0 Å². The van der Waals surface area contributed by atoms with Gasteiger partial charge in [-0.15, -0.1) is 12.4 Å². The van der Waals surface area contributed by atoms with Gasteiger partial charge in [-0.25, -0.2) is 4.39 Å². The van der Waals surface area contributed by atoms with Crippen molar-refractivity contribution in [3.05, 3.63) is 34.1 Å². The molecule has 0 bridgehead atoms. The number of rotatable bonds is 1. The quantitative estimate of drug-likeness (QED) is 0.861. The molecule has 0 saturated carbocycles. The highest BCUT2D eigenvalue weighted by molar-refractivity contribution is 9.10. The second-order valence-electron chi connectivity index (χ2n) is 3.92. The van der Waals surface area contributed by atoms with E-state index in [1.165, 1.54) is 12.1 Å². The van der Waals surface area contributed by atoms with Crippen LogP contribution in [0.15, 0.2) is 22.7 Å². The smallest absolute Gasteiger partial charge is 0.256 e. The van der Waals surface area contributed by atoms with Crippen LogP contribution < -0.4 is 5.73 Å². The van der Waals surface area contributed by atoms with Crippen LogP contribution in [0.25, 0.3) is 0 Å². The molecule has 1 unspecified atom stereocenters. The summed E-state index contributed by atoms with van der Waals surface area (Å²) in [4.78, 5) is 13.5. The molecule has 0 aliphatic carbocycles. The fraction of sp³-hybridized carbons (Fsp3) is 0.364. The molecular weight excluding hydrogens is 310 g/mol. The lowest BCUT2D eigenvalue weighted by molar-refractivity contribution is 0.0786. The van der Waals surface area contributed by atoms with Crippen LogP contribution in [0.3, 0.4) is 0 Å². The average molecular weight is 324 g/mol. The minimum atomic E-state index is -0.500. The summed E-state index contributed by atoms with van der Waals surface area (Å²) in [6, 6.07) is 4.46. The van der Waals surface area contributed by atoms with Crippen molar-refractivity contribution in [2.75, 3.05) is 13.1 Å². The lowest BCUT2D eigenvalue weighted by atomic mass is 10.2. The largest absolute Gasteiger partial charge is 0.337 e. The minimum absolute atomic E-state index is 0. The molecule has 0 radical (unpaired) electrons. The number of carbonyl (C=O) groups excluding carboxylic acids is 1. The van der Waals surface area contributed by atoms with Crippen LogP contribution in [0.1, 0.15) is 16.8 Å². The Balaban J connectivity index is 0.00000144. The van der Waals surface area contributed by atoms with Gasteiger partial charge in [0.25, 0.3) is 5.91 Å². The summed E-state index contributed by atoms with van der Waals surface area (Å²) in [5, 5.41) is 0. The molecule has 1 amide bonds. The zero-order valence-corrected chi connectivity index (χ0v) is 11.4. The van der Waals surface area contributed by atoms with E-state index in [0.717, 1.165) is 6.42 Å². The molecule has 1 aliphatic rings. The van der Waals surface area contributed by atoms with E-state index >= 15 is 0 Å². The molecule has 17 heavy (non-hydrogen) atoms. The number of halogens is 3. The third kappa shape index (κ3) is 3.18. The number of hydrogen-bond donors (Lipinski definition) is 1. The van der Waals surface area contributed by atoms with Crippen LogP contribution in [0, 0.1) is 5.82 Å². The summed E-state index contributed by atoms with van der Waals surface area (Å²) in [6.45, 7) is 1.11. The zero-order valence-electron chi connectivity index (χ0n) is 9.03. The van der Waals surface area contributed by atoms with Gasteiger partial charge in [-0.3, -0.25) is 4.79 Å². The predicted octanol–water partition coefficient (Wildman–Crippen LogP) is 2.18. The lowest BCUT2D eigenvalue weighted by Crippen LogP contribution is -2.32. The zero-order chi connectivity index (χ0) is 11.7. The molecule has 6 heteroatoms. The third-order valence-electron chi connectivity index (χ3n) is 2.67. The molecule has 1 fully saturated rings. The Morgan fingerprint density at radius 3 is 2.76 bits per heavy atom. The number of amides is 1. The Kier molecular flexibility index (Phi) is 4.91. The van der Waals surface area contributed by atoms with Crippen LogP contribution in [-0.4, -0.2) is 29.9 Å². The number of nitrogens with two attached hydrogens (primary N) is 1.